The van der Waals surface area contributed by atoms with Crippen LogP contribution in [0.5, 0.6) is 0 Å². The van der Waals surface area contributed by atoms with E-state index in [1.165, 1.54) is 4.90 Å². The Balaban J connectivity index is 1.77. The molecule has 2 aromatic rings. The van der Waals surface area contributed by atoms with Crippen LogP contribution >= 0.6 is 35.0 Å². The lowest BCUT2D eigenvalue weighted by molar-refractivity contribution is -0.137. The average Bonchev–Trinajstić information content (AvgIpc) is 3.00. The number of nitrogens with zero attached hydrogens (tertiary/aromatic N) is 2. The maximum absolute atomic E-state index is 12.9. The number of carbonyl (C=O) groups is 2. The topological polar surface area (TPSA) is 61.8 Å². The van der Waals surface area contributed by atoms with E-state index in [1.807, 2.05) is 6.92 Å². The SMILES string of the molecule is CCN1C(=O)C(CC(=O)Nc2cc(C(F)(F)F)ccc2Cl)SC1=Nc1cccc(Cl)c1C. The Morgan fingerprint density at radius 2 is 1.94 bits per heavy atom. The number of benzene rings is 2. The van der Waals surface area contributed by atoms with Gasteiger partial charge in [-0.3, -0.25) is 14.5 Å². The van der Waals surface area contributed by atoms with Gasteiger partial charge in [-0.2, -0.15) is 13.2 Å². The van der Waals surface area contributed by atoms with E-state index in [2.05, 4.69) is 10.3 Å². The maximum atomic E-state index is 12.9. The largest absolute Gasteiger partial charge is 0.416 e. The van der Waals surface area contributed by atoms with E-state index in [-0.39, 0.29) is 23.0 Å². The molecule has 0 saturated carbocycles. The lowest BCUT2D eigenvalue weighted by Gasteiger charge is -2.14. The number of amidine groups is 1. The van der Waals surface area contributed by atoms with Crippen molar-refractivity contribution < 1.29 is 22.8 Å². The van der Waals surface area contributed by atoms with Crippen molar-refractivity contribution in [3.8, 4) is 0 Å². The summed E-state index contributed by atoms with van der Waals surface area (Å²) in [6.45, 7) is 3.94. The van der Waals surface area contributed by atoms with Gasteiger partial charge in [0.1, 0.15) is 5.25 Å². The third-order valence-corrected chi connectivity index (χ3v) is 6.64. The molecule has 1 atom stereocenters. The minimum absolute atomic E-state index is 0.0365. The van der Waals surface area contributed by atoms with Crippen molar-refractivity contribution in [2.75, 3.05) is 11.9 Å². The van der Waals surface area contributed by atoms with Gasteiger partial charge in [0.25, 0.3) is 0 Å². The van der Waals surface area contributed by atoms with Crippen LogP contribution in [0.25, 0.3) is 0 Å². The van der Waals surface area contributed by atoms with Crippen LogP contribution in [0.4, 0.5) is 24.5 Å². The zero-order chi connectivity index (χ0) is 23.6. The Kier molecular flexibility index (Phi) is 7.42. The fourth-order valence-corrected chi connectivity index (χ4v) is 4.55. The first-order valence-electron chi connectivity index (χ1n) is 9.49. The summed E-state index contributed by atoms with van der Waals surface area (Å²) >= 11 is 13.2. The van der Waals surface area contributed by atoms with Gasteiger partial charge in [0, 0.05) is 18.0 Å². The Morgan fingerprint density at radius 3 is 2.59 bits per heavy atom. The van der Waals surface area contributed by atoms with Gasteiger partial charge in [-0.1, -0.05) is 41.0 Å². The second kappa shape index (κ2) is 9.72. The van der Waals surface area contributed by atoms with E-state index in [4.69, 9.17) is 23.2 Å². The van der Waals surface area contributed by atoms with Crippen molar-refractivity contribution in [1.29, 1.82) is 0 Å². The third-order valence-electron chi connectivity index (χ3n) is 4.73. The van der Waals surface area contributed by atoms with E-state index in [0.29, 0.717) is 22.4 Å². The molecule has 1 N–H and O–H groups in total. The number of anilines is 1. The third kappa shape index (κ3) is 5.39. The van der Waals surface area contributed by atoms with Crippen molar-refractivity contribution in [3.63, 3.8) is 0 Å². The molecule has 5 nitrogen and oxygen atoms in total. The Labute approximate surface area is 197 Å². The highest BCUT2D eigenvalue weighted by Gasteiger charge is 2.38. The van der Waals surface area contributed by atoms with Crippen LogP contribution in [0.2, 0.25) is 10.0 Å². The number of aliphatic imine (C=N–C) groups is 1. The molecule has 1 aliphatic heterocycles. The number of thioether (sulfide) groups is 1. The molecule has 0 aliphatic carbocycles. The lowest BCUT2D eigenvalue weighted by atomic mass is 10.2. The van der Waals surface area contributed by atoms with E-state index in [0.717, 1.165) is 35.5 Å². The molecule has 2 amide bonds. The second-order valence-electron chi connectivity index (χ2n) is 6.91. The molecule has 1 saturated heterocycles. The average molecular weight is 504 g/mol. The monoisotopic (exact) mass is 503 g/mol. The normalized spacial score (nSPS) is 17.8. The van der Waals surface area contributed by atoms with E-state index < -0.39 is 22.9 Å². The summed E-state index contributed by atoms with van der Waals surface area (Å²) in [7, 11) is 0. The van der Waals surface area contributed by atoms with Gasteiger partial charge in [-0.25, -0.2) is 4.99 Å². The van der Waals surface area contributed by atoms with Gasteiger partial charge >= 0.3 is 6.18 Å². The van der Waals surface area contributed by atoms with E-state index >= 15 is 0 Å². The molecule has 0 spiro atoms. The van der Waals surface area contributed by atoms with Crippen LogP contribution in [0, 0.1) is 6.92 Å². The smallest absolute Gasteiger partial charge is 0.325 e. The van der Waals surface area contributed by atoms with Gasteiger partial charge in [-0.05, 0) is 49.7 Å². The summed E-state index contributed by atoms with van der Waals surface area (Å²) in [6, 6.07) is 7.90. The summed E-state index contributed by atoms with van der Waals surface area (Å²) in [5, 5.41) is 2.54. The number of amides is 2. The summed E-state index contributed by atoms with van der Waals surface area (Å²) in [4.78, 5) is 31.3. The zero-order valence-electron chi connectivity index (χ0n) is 17.0. The van der Waals surface area contributed by atoms with Crippen molar-refractivity contribution in [2.24, 2.45) is 4.99 Å². The van der Waals surface area contributed by atoms with Crippen LogP contribution in [0.1, 0.15) is 24.5 Å². The molecular weight excluding hydrogens is 486 g/mol. The van der Waals surface area contributed by atoms with Crippen molar-refractivity contribution in [2.45, 2.75) is 31.7 Å². The van der Waals surface area contributed by atoms with E-state index in [9.17, 15) is 22.8 Å². The summed E-state index contributed by atoms with van der Waals surface area (Å²) in [5.74, 6) is -0.936. The highest BCUT2D eigenvalue weighted by Crippen LogP contribution is 2.36. The molecule has 170 valence electrons. The predicted octanol–water partition coefficient (Wildman–Crippen LogP) is 6.30. The first-order valence-corrected chi connectivity index (χ1v) is 11.1. The van der Waals surface area contributed by atoms with Gasteiger partial charge in [-0.15, -0.1) is 0 Å². The second-order valence-corrected chi connectivity index (χ2v) is 8.90. The van der Waals surface area contributed by atoms with Gasteiger partial charge in [0.05, 0.1) is 22.0 Å². The molecule has 3 rings (SSSR count). The molecular formula is C21H18Cl2F3N3O2S. The molecule has 1 unspecified atom stereocenters. The van der Waals surface area contributed by atoms with Crippen molar-refractivity contribution in [1.82, 2.24) is 4.90 Å². The zero-order valence-corrected chi connectivity index (χ0v) is 19.3. The number of hydrogen-bond acceptors (Lipinski definition) is 4. The van der Waals surface area contributed by atoms with Crippen LogP contribution in [0.3, 0.4) is 0 Å². The van der Waals surface area contributed by atoms with Crippen LogP contribution in [0.15, 0.2) is 41.4 Å². The number of hydrogen-bond donors (Lipinski definition) is 1. The standard InChI is InChI=1S/C21H18Cl2F3N3O2S/c1-3-29-19(31)17(32-20(29)28-15-6-4-5-13(22)11(15)2)10-18(30)27-16-9-12(21(24,25)26)7-8-14(16)23/h4-9,17H,3,10H2,1-2H3,(H,27,30). The fraction of sp³-hybridized carbons (Fsp3) is 0.286. The number of carbonyl (C=O) groups excluding carboxylic acids is 2. The number of rotatable bonds is 5. The highest BCUT2D eigenvalue weighted by atomic mass is 35.5. The molecule has 0 bridgehead atoms. The molecule has 11 heteroatoms. The molecule has 1 aliphatic rings. The van der Waals surface area contributed by atoms with Crippen LogP contribution in [-0.4, -0.2) is 33.7 Å². The first-order chi connectivity index (χ1) is 15.0. The first kappa shape index (κ1) is 24.4. The molecule has 1 heterocycles. The van der Waals surface area contributed by atoms with E-state index in [1.54, 1.807) is 25.1 Å². The molecule has 0 radical (unpaired) electrons. The molecule has 32 heavy (non-hydrogen) atoms. The minimum atomic E-state index is -4.58. The van der Waals surface area contributed by atoms with Crippen molar-refractivity contribution >= 4 is 63.3 Å². The predicted molar refractivity (Wildman–Crippen MR) is 122 cm³/mol. The van der Waals surface area contributed by atoms with Crippen LogP contribution < -0.4 is 5.32 Å². The summed E-state index contributed by atoms with van der Waals surface area (Å²) in [5.41, 5.74) is 0.253. The maximum Gasteiger partial charge on any atom is 0.416 e. The minimum Gasteiger partial charge on any atom is -0.325 e. The fourth-order valence-electron chi connectivity index (χ4n) is 3.00. The molecule has 1 fully saturated rings. The van der Waals surface area contributed by atoms with Crippen LogP contribution in [-0.2, 0) is 15.8 Å². The number of halogens is 5. The number of alkyl halides is 3. The van der Waals surface area contributed by atoms with Gasteiger partial charge < -0.3 is 5.32 Å². The van der Waals surface area contributed by atoms with Gasteiger partial charge in [0.15, 0.2) is 5.17 Å². The summed E-state index contributed by atoms with van der Waals surface area (Å²) < 4.78 is 38.8. The molecule has 0 aromatic heterocycles. The quantitative estimate of drug-likeness (QED) is 0.520. The Morgan fingerprint density at radius 1 is 1.22 bits per heavy atom. The highest BCUT2D eigenvalue weighted by molar-refractivity contribution is 8.15. The van der Waals surface area contributed by atoms with Gasteiger partial charge in [0.2, 0.25) is 11.8 Å². The number of nitrogens with one attached hydrogen (secondary N) is 1. The lowest BCUT2D eigenvalue weighted by Crippen LogP contribution is -2.33. The Bertz CT molecular complexity index is 1090. The molecule has 2 aromatic carbocycles. The summed E-state index contributed by atoms with van der Waals surface area (Å²) in [6.07, 6.45) is -4.83. The Hall–Kier alpha value is -2.23. The van der Waals surface area contributed by atoms with Crippen molar-refractivity contribution in [3.05, 3.63) is 57.6 Å².